The molecule has 0 aliphatic carbocycles. The summed E-state index contributed by atoms with van der Waals surface area (Å²) in [5, 5.41) is 1.00. The van der Waals surface area contributed by atoms with Crippen molar-refractivity contribution in [3.05, 3.63) is 93.8 Å². The van der Waals surface area contributed by atoms with Gasteiger partial charge in [-0.2, -0.15) is 0 Å². The zero-order chi connectivity index (χ0) is 23.1. The number of methoxy groups -OCH3 is 1. The van der Waals surface area contributed by atoms with Crippen LogP contribution in [0, 0.1) is 6.92 Å². The van der Waals surface area contributed by atoms with Gasteiger partial charge in [0.1, 0.15) is 11.6 Å². The summed E-state index contributed by atoms with van der Waals surface area (Å²) in [7, 11) is 3.64. The molecule has 0 aliphatic heterocycles. The maximum atomic E-state index is 13.8. The normalized spacial score (nSPS) is 11.4. The summed E-state index contributed by atoms with van der Waals surface area (Å²) in [6.45, 7) is 4.05. The molecule has 0 atom stereocenters. The van der Waals surface area contributed by atoms with E-state index in [1.54, 1.807) is 17.9 Å². The molecule has 0 saturated carbocycles. The van der Waals surface area contributed by atoms with Crippen molar-refractivity contribution in [3.8, 4) is 11.4 Å². The molecule has 0 fully saturated rings. The average Bonchev–Trinajstić information content (AvgIpc) is 3.16. The standard InChI is InChI=1S/C27H26N4O2/c1-5-18-10-13-21-23(15-18)31(22-7-6-14-28-17(22)2)27(32)25-26(21)30(3)24(29-25)16-19-8-11-20(33-4)12-9-19/h6-15H,5,16H2,1-4H3. The molecular formula is C27H26N4O2. The SMILES string of the molecule is CCc1ccc2c3c(nc(Cc4ccc(OC)cc4)n3C)c(=O)n(-c3cccnc3C)c2c1. The molecule has 0 aliphatic rings. The Labute approximate surface area is 192 Å². The molecule has 0 radical (unpaired) electrons. The number of aryl methyl sites for hydroxylation is 3. The third kappa shape index (κ3) is 3.48. The second-order valence-electron chi connectivity index (χ2n) is 8.26. The van der Waals surface area contributed by atoms with E-state index in [9.17, 15) is 4.79 Å². The first kappa shape index (κ1) is 20.9. The lowest BCUT2D eigenvalue weighted by atomic mass is 10.1. The lowest BCUT2D eigenvalue weighted by Gasteiger charge is -2.14. The highest BCUT2D eigenvalue weighted by atomic mass is 16.5. The molecule has 5 aromatic rings. The van der Waals surface area contributed by atoms with Crippen LogP contribution < -0.4 is 10.3 Å². The van der Waals surface area contributed by atoms with Gasteiger partial charge in [0.25, 0.3) is 5.56 Å². The molecule has 0 spiro atoms. The molecular weight excluding hydrogens is 412 g/mol. The van der Waals surface area contributed by atoms with Crippen molar-refractivity contribution in [1.29, 1.82) is 0 Å². The van der Waals surface area contributed by atoms with Gasteiger partial charge in [0.15, 0.2) is 5.52 Å². The van der Waals surface area contributed by atoms with E-state index in [0.29, 0.717) is 11.9 Å². The molecule has 0 N–H and O–H groups in total. The molecule has 0 amide bonds. The summed E-state index contributed by atoms with van der Waals surface area (Å²) in [4.78, 5) is 23.1. The van der Waals surface area contributed by atoms with Crippen molar-refractivity contribution in [2.45, 2.75) is 26.7 Å². The summed E-state index contributed by atoms with van der Waals surface area (Å²) in [5.41, 5.74) is 5.95. The number of ether oxygens (including phenoxy) is 1. The number of nitrogens with zero attached hydrogens (tertiary/aromatic N) is 4. The van der Waals surface area contributed by atoms with Crippen LogP contribution in [0.1, 0.15) is 29.6 Å². The fourth-order valence-electron chi connectivity index (χ4n) is 4.44. The minimum absolute atomic E-state index is 0.126. The van der Waals surface area contributed by atoms with Gasteiger partial charge in [0.05, 0.1) is 29.5 Å². The first-order valence-corrected chi connectivity index (χ1v) is 11.1. The highest BCUT2D eigenvalue weighted by molar-refractivity contribution is 6.03. The first-order chi connectivity index (χ1) is 16.0. The summed E-state index contributed by atoms with van der Waals surface area (Å²) < 4.78 is 9.09. The quantitative estimate of drug-likeness (QED) is 0.398. The Morgan fingerprint density at radius 2 is 1.79 bits per heavy atom. The van der Waals surface area contributed by atoms with Crippen molar-refractivity contribution in [3.63, 3.8) is 0 Å². The number of hydrogen-bond donors (Lipinski definition) is 0. The average molecular weight is 439 g/mol. The fourth-order valence-corrected chi connectivity index (χ4v) is 4.44. The predicted molar refractivity (Wildman–Crippen MR) is 132 cm³/mol. The van der Waals surface area contributed by atoms with E-state index < -0.39 is 0 Å². The van der Waals surface area contributed by atoms with Gasteiger partial charge in [-0.1, -0.05) is 31.2 Å². The first-order valence-electron chi connectivity index (χ1n) is 11.1. The third-order valence-corrected chi connectivity index (χ3v) is 6.30. The van der Waals surface area contributed by atoms with Crippen molar-refractivity contribution in [1.82, 2.24) is 19.1 Å². The summed E-state index contributed by atoms with van der Waals surface area (Å²) in [5.74, 6) is 1.66. The number of benzene rings is 2. The number of rotatable bonds is 5. The molecule has 166 valence electrons. The molecule has 6 nitrogen and oxygen atoms in total. The minimum atomic E-state index is -0.126. The van der Waals surface area contributed by atoms with Gasteiger partial charge < -0.3 is 9.30 Å². The molecule has 0 saturated heterocycles. The van der Waals surface area contributed by atoms with E-state index in [0.717, 1.165) is 51.4 Å². The molecule has 5 rings (SSSR count). The van der Waals surface area contributed by atoms with E-state index >= 15 is 0 Å². The molecule has 6 heteroatoms. The second kappa shape index (κ2) is 8.20. The monoisotopic (exact) mass is 438 g/mol. The van der Waals surface area contributed by atoms with Gasteiger partial charge in [-0.15, -0.1) is 0 Å². The van der Waals surface area contributed by atoms with Gasteiger partial charge >= 0.3 is 0 Å². The largest absolute Gasteiger partial charge is 0.497 e. The van der Waals surface area contributed by atoms with Crippen LogP contribution in [0.15, 0.2) is 65.6 Å². The Bertz CT molecular complexity index is 1550. The molecule has 2 aromatic carbocycles. The zero-order valence-corrected chi connectivity index (χ0v) is 19.3. The Balaban J connectivity index is 1.79. The van der Waals surface area contributed by atoms with Crippen LogP contribution in [0.2, 0.25) is 0 Å². The van der Waals surface area contributed by atoms with Crippen molar-refractivity contribution < 1.29 is 4.74 Å². The Hall–Kier alpha value is -3.93. The number of pyridine rings is 2. The van der Waals surface area contributed by atoms with E-state index in [-0.39, 0.29) is 5.56 Å². The Morgan fingerprint density at radius 1 is 1.03 bits per heavy atom. The van der Waals surface area contributed by atoms with Crippen molar-refractivity contribution >= 4 is 21.9 Å². The van der Waals surface area contributed by atoms with Crippen molar-refractivity contribution in [2.24, 2.45) is 7.05 Å². The van der Waals surface area contributed by atoms with Gasteiger partial charge in [-0.05, 0) is 54.8 Å². The number of hydrogen-bond acceptors (Lipinski definition) is 4. The van der Waals surface area contributed by atoms with Crippen LogP contribution in [0.3, 0.4) is 0 Å². The molecule has 0 unspecified atom stereocenters. The van der Waals surface area contributed by atoms with E-state index in [4.69, 9.17) is 9.72 Å². The fraction of sp³-hybridized carbons (Fsp3) is 0.222. The van der Waals surface area contributed by atoms with Gasteiger partial charge in [0, 0.05) is 25.1 Å². The second-order valence-corrected chi connectivity index (χ2v) is 8.26. The Kier molecular flexibility index (Phi) is 5.21. The van der Waals surface area contributed by atoms with E-state index in [1.807, 2.05) is 50.4 Å². The van der Waals surface area contributed by atoms with E-state index in [1.165, 1.54) is 5.56 Å². The lowest BCUT2D eigenvalue weighted by Crippen LogP contribution is -2.21. The van der Waals surface area contributed by atoms with Gasteiger partial charge in [0.2, 0.25) is 0 Å². The number of aromatic nitrogens is 4. The minimum Gasteiger partial charge on any atom is -0.497 e. The topological polar surface area (TPSA) is 61.9 Å². The van der Waals surface area contributed by atoms with Gasteiger partial charge in [-0.3, -0.25) is 14.3 Å². The maximum Gasteiger partial charge on any atom is 0.283 e. The molecule has 0 bridgehead atoms. The zero-order valence-electron chi connectivity index (χ0n) is 19.3. The predicted octanol–water partition coefficient (Wildman–Crippen LogP) is 4.74. The Morgan fingerprint density at radius 3 is 2.48 bits per heavy atom. The highest BCUT2D eigenvalue weighted by Crippen LogP contribution is 2.28. The number of fused-ring (bicyclic) bond motifs is 3. The van der Waals surface area contributed by atoms with Crippen LogP contribution >= 0.6 is 0 Å². The smallest absolute Gasteiger partial charge is 0.283 e. The summed E-state index contributed by atoms with van der Waals surface area (Å²) >= 11 is 0. The summed E-state index contributed by atoms with van der Waals surface area (Å²) in [6.07, 6.45) is 3.26. The summed E-state index contributed by atoms with van der Waals surface area (Å²) in [6, 6.07) is 18.1. The van der Waals surface area contributed by atoms with Crippen LogP contribution in [-0.2, 0) is 19.9 Å². The number of imidazole rings is 1. The third-order valence-electron chi connectivity index (χ3n) is 6.30. The van der Waals surface area contributed by atoms with Crippen LogP contribution in [0.4, 0.5) is 0 Å². The van der Waals surface area contributed by atoms with Crippen LogP contribution in [-0.4, -0.2) is 26.2 Å². The van der Waals surface area contributed by atoms with E-state index in [2.05, 4.69) is 34.7 Å². The van der Waals surface area contributed by atoms with Crippen molar-refractivity contribution in [2.75, 3.05) is 7.11 Å². The van der Waals surface area contributed by atoms with Gasteiger partial charge in [-0.25, -0.2) is 4.98 Å². The van der Waals surface area contributed by atoms with Crippen LogP contribution in [0.25, 0.3) is 27.6 Å². The van der Waals surface area contributed by atoms with Crippen LogP contribution in [0.5, 0.6) is 5.75 Å². The molecule has 3 aromatic heterocycles. The maximum absolute atomic E-state index is 13.8. The highest BCUT2D eigenvalue weighted by Gasteiger charge is 2.20. The molecule has 33 heavy (non-hydrogen) atoms. The molecule has 3 heterocycles. The lowest BCUT2D eigenvalue weighted by molar-refractivity contribution is 0.414.